The molecule has 3 saturated heterocycles. The highest BCUT2D eigenvalue weighted by molar-refractivity contribution is 5.84. The van der Waals surface area contributed by atoms with Crippen molar-refractivity contribution in [3.05, 3.63) is 54.4 Å². The Morgan fingerprint density at radius 3 is 2.53 bits per heavy atom. The van der Waals surface area contributed by atoms with E-state index in [1.807, 2.05) is 35.0 Å². The first-order chi connectivity index (χ1) is 15.6. The number of aromatic nitrogens is 2. The van der Waals surface area contributed by atoms with Crippen LogP contribution < -0.4 is 10.2 Å². The second-order valence-corrected chi connectivity index (χ2v) is 9.12. The fraction of sp³-hybridized carbons (Fsp3) is 0.500. The highest BCUT2D eigenvalue weighted by Crippen LogP contribution is 2.49. The van der Waals surface area contributed by atoms with E-state index in [0.717, 1.165) is 25.8 Å². The van der Waals surface area contributed by atoms with E-state index >= 15 is 0 Å². The Morgan fingerprint density at radius 1 is 1.09 bits per heavy atom. The van der Waals surface area contributed by atoms with E-state index in [1.54, 1.807) is 18.5 Å². The van der Waals surface area contributed by atoms with Gasteiger partial charge in [-0.2, -0.15) is 0 Å². The Hall–Kier alpha value is -3.16. The molecule has 3 amide bonds. The van der Waals surface area contributed by atoms with E-state index in [0.29, 0.717) is 32.1 Å². The van der Waals surface area contributed by atoms with E-state index in [-0.39, 0.29) is 29.3 Å². The topological polar surface area (TPSA) is 81.7 Å². The zero-order valence-electron chi connectivity index (χ0n) is 18.5. The van der Waals surface area contributed by atoms with Gasteiger partial charge in [-0.05, 0) is 30.9 Å². The number of likely N-dealkylation sites (tertiary alicyclic amines) is 2. The molecule has 0 radical (unpaired) electrons. The van der Waals surface area contributed by atoms with Gasteiger partial charge in [0.2, 0.25) is 11.9 Å². The Morgan fingerprint density at radius 2 is 1.81 bits per heavy atom. The number of fused-ring (bicyclic) bond motifs is 2. The molecule has 3 fully saturated rings. The number of rotatable bonds is 4. The first-order valence-corrected chi connectivity index (χ1v) is 11.4. The van der Waals surface area contributed by atoms with Crippen LogP contribution in [0.5, 0.6) is 0 Å². The number of hydrogen-bond acceptors (Lipinski definition) is 5. The maximum absolute atomic E-state index is 13.1. The molecule has 1 spiro atoms. The predicted molar refractivity (Wildman–Crippen MR) is 121 cm³/mol. The second-order valence-electron chi connectivity index (χ2n) is 9.12. The molecule has 0 bridgehead atoms. The largest absolute Gasteiger partial charge is 0.340 e. The van der Waals surface area contributed by atoms with Crippen LogP contribution in [0, 0.1) is 11.8 Å². The van der Waals surface area contributed by atoms with Crippen molar-refractivity contribution >= 4 is 17.9 Å². The predicted octanol–water partition coefficient (Wildman–Crippen LogP) is 1.79. The molecular weight excluding hydrogens is 404 g/mol. The van der Waals surface area contributed by atoms with Crippen LogP contribution in [0.25, 0.3) is 0 Å². The molecule has 3 aliphatic heterocycles. The number of carbonyl (C=O) groups is 2. The third kappa shape index (κ3) is 3.57. The van der Waals surface area contributed by atoms with Gasteiger partial charge in [0.05, 0.1) is 11.5 Å². The van der Waals surface area contributed by atoms with Crippen molar-refractivity contribution in [3.8, 4) is 0 Å². The Bertz CT molecular complexity index is 961. The minimum absolute atomic E-state index is 0.00922. The minimum Gasteiger partial charge on any atom is -0.340 e. The normalized spacial score (nSPS) is 24.2. The van der Waals surface area contributed by atoms with E-state index in [1.165, 1.54) is 5.56 Å². The van der Waals surface area contributed by atoms with E-state index < -0.39 is 0 Å². The van der Waals surface area contributed by atoms with Crippen LogP contribution in [-0.2, 0) is 11.2 Å². The van der Waals surface area contributed by atoms with Gasteiger partial charge in [0.25, 0.3) is 0 Å². The van der Waals surface area contributed by atoms with Crippen molar-refractivity contribution in [2.45, 2.75) is 24.8 Å². The first-order valence-electron chi connectivity index (χ1n) is 11.4. The monoisotopic (exact) mass is 434 g/mol. The average Bonchev–Trinajstić information content (AvgIpc) is 3.36. The summed E-state index contributed by atoms with van der Waals surface area (Å²) in [4.78, 5) is 40.6. The molecule has 0 aliphatic carbocycles. The Kier molecular flexibility index (Phi) is 5.45. The van der Waals surface area contributed by atoms with Crippen molar-refractivity contribution in [1.82, 2.24) is 25.1 Å². The summed E-state index contributed by atoms with van der Waals surface area (Å²) in [5, 5.41) is 3.06. The van der Waals surface area contributed by atoms with E-state index in [9.17, 15) is 9.59 Å². The van der Waals surface area contributed by atoms with Crippen molar-refractivity contribution in [3.63, 3.8) is 0 Å². The number of nitrogens with zero attached hydrogens (tertiary/aromatic N) is 5. The van der Waals surface area contributed by atoms with Gasteiger partial charge in [-0.25, -0.2) is 14.8 Å². The van der Waals surface area contributed by atoms with E-state index in [4.69, 9.17) is 0 Å². The number of benzene rings is 1. The van der Waals surface area contributed by atoms with Gasteiger partial charge in [0.15, 0.2) is 0 Å². The van der Waals surface area contributed by atoms with Crippen LogP contribution in [0.15, 0.2) is 48.8 Å². The van der Waals surface area contributed by atoms with Gasteiger partial charge in [-0.15, -0.1) is 0 Å². The number of carbonyl (C=O) groups excluding carboxylic acids is 2. The van der Waals surface area contributed by atoms with Crippen LogP contribution in [0.3, 0.4) is 0 Å². The van der Waals surface area contributed by atoms with Gasteiger partial charge in [0, 0.05) is 58.1 Å². The lowest BCUT2D eigenvalue weighted by Gasteiger charge is -2.46. The van der Waals surface area contributed by atoms with Gasteiger partial charge in [-0.1, -0.05) is 30.3 Å². The first kappa shape index (κ1) is 20.7. The van der Waals surface area contributed by atoms with Gasteiger partial charge in [0.1, 0.15) is 0 Å². The molecular formula is C24H30N6O2. The number of anilines is 1. The molecule has 8 nitrogen and oxygen atoms in total. The summed E-state index contributed by atoms with van der Waals surface area (Å²) < 4.78 is 0. The molecule has 0 saturated carbocycles. The lowest BCUT2D eigenvalue weighted by Crippen LogP contribution is -2.58. The number of urea groups is 1. The molecule has 1 aromatic carbocycles. The second kappa shape index (κ2) is 8.41. The zero-order valence-corrected chi connectivity index (χ0v) is 18.5. The number of hydrogen-bond donors (Lipinski definition) is 1. The number of nitrogens with one attached hydrogen (secondary N) is 1. The standard InChI is InChI=1S/C24H30N6O2/c1-28-21(31)19-16-30(22-25-11-5-12-26-22)17-20(19)24(28)9-14-29(15-10-24)23(32)27-13-8-18-6-3-2-4-7-18/h2-7,11-12,19-20H,8-10,13-17H2,1H3,(H,27,32)/t19-,20+/m0/s1. The minimum atomic E-state index is -0.188. The van der Waals surface area contributed by atoms with Crippen molar-refractivity contribution < 1.29 is 9.59 Å². The summed E-state index contributed by atoms with van der Waals surface area (Å²) in [6.45, 7) is 3.41. The molecule has 2 aromatic rings. The summed E-state index contributed by atoms with van der Waals surface area (Å²) in [6, 6.07) is 12.0. The van der Waals surface area contributed by atoms with Crippen LogP contribution in [0.2, 0.25) is 0 Å². The highest BCUT2D eigenvalue weighted by Gasteiger charge is 2.60. The Labute approximate surface area is 188 Å². The maximum Gasteiger partial charge on any atom is 0.317 e. The fourth-order valence-corrected chi connectivity index (χ4v) is 5.81. The SMILES string of the molecule is CN1C(=O)[C@H]2CN(c3ncccn3)C[C@H]2C12CCN(C(=O)NCCc1ccccc1)CC2. The molecule has 1 aromatic heterocycles. The van der Waals surface area contributed by atoms with Crippen molar-refractivity contribution in [1.29, 1.82) is 0 Å². The molecule has 0 unspecified atom stereocenters. The summed E-state index contributed by atoms with van der Waals surface area (Å²) >= 11 is 0. The quantitative estimate of drug-likeness (QED) is 0.794. The molecule has 5 rings (SSSR count). The van der Waals surface area contributed by atoms with Gasteiger partial charge < -0.3 is 20.0 Å². The lowest BCUT2D eigenvalue weighted by atomic mass is 9.75. The van der Waals surface area contributed by atoms with Crippen molar-refractivity contribution in [2.24, 2.45) is 11.8 Å². The zero-order chi connectivity index (χ0) is 22.1. The van der Waals surface area contributed by atoms with E-state index in [2.05, 4.69) is 32.3 Å². The molecule has 168 valence electrons. The third-order valence-electron chi connectivity index (χ3n) is 7.61. The molecule has 8 heteroatoms. The maximum atomic E-state index is 13.1. The number of amides is 3. The van der Waals surface area contributed by atoms with Crippen molar-refractivity contribution in [2.75, 3.05) is 44.7 Å². The lowest BCUT2D eigenvalue weighted by molar-refractivity contribution is -0.133. The molecule has 1 N–H and O–H groups in total. The number of piperidine rings is 1. The third-order valence-corrected chi connectivity index (χ3v) is 7.61. The molecule has 3 aliphatic rings. The summed E-state index contributed by atoms with van der Waals surface area (Å²) in [5.74, 6) is 1.14. The van der Waals surface area contributed by atoms with Gasteiger partial charge in [-0.3, -0.25) is 4.79 Å². The molecule has 2 atom stereocenters. The summed E-state index contributed by atoms with van der Waals surface area (Å²) in [6.07, 6.45) is 5.94. The fourth-order valence-electron chi connectivity index (χ4n) is 5.81. The molecule has 32 heavy (non-hydrogen) atoms. The van der Waals surface area contributed by atoms with Crippen LogP contribution in [0.4, 0.5) is 10.7 Å². The van der Waals surface area contributed by atoms with Crippen LogP contribution in [0.1, 0.15) is 18.4 Å². The average molecular weight is 435 g/mol. The summed E-state index contributed by atoms with van der Waals surface area (Å²) in [7, 11) is 1.94. The van der Waals surface area contributed by atoms with Gasteiger partial charge >= 0.3 is 6.03 Å². The smallest absolute Gasteiger partial charge is 0.317 e. The highest BCUT2D eigenvalue weighted by atomic mass is 16.2. The van der Waals surface area contributed by atoms with Crippen LogP contribution in [-0.4, -0.2) is 77.0 Å². The summed E-state index contributed by atoms with van der Waals surface area (Å²) in [5.41, 5.74) is 1.03. The Balaban J connectivity index is 1.20. The molecule has 4 heterocycles. The van der Waals surface area contributed by atoms with Crippen LogP contribution >= 0.6 is 0 Å².